The van der Waals surface area contributed by atoms with E-state index in [0.717, 1.165) is 15.8 Å². The first kappa shape index (κ1) is 8.53. The number of nitrogens with one attached hydrogen (secondary N) is 1. The van der Waals surface area contributed by atoms with Crippen molar-refractivity contribution in [3.05, 3.63) is 40.9 Å². The molecule has 2 nitrogen and oxygen atoms in total. The minimum absolute atomic E-state index is 0.724. The largest absolute Gasteiger partial charge is 0.332 e. The van der Waals surface area contributed by atoms with Gasteiger partial charge in [-0.05, 0) is 18.2 Å². The van der Waals surface area contributed by atoms with Gasteiger partial charge < -0.3 is 5.32 Å². The van der Waals surface area contributed by atoms with Gasteiger partial charge in [0.1, 0.15) is 0 Å². The summed E-state index contributed by atoms with van der Waals surface area (Å²) in [7, 11) is 0. The highest BCUT2D eigenvalue weighted by atomic mass is 35.5. The fourth-order valence-electron chi connectivity index (χ4n) is 0.975. The molecule has 0 amide bonds. The molecule has 0 saturated carbocycles. The number of aromatic nitrogens is 1. The van der Waals surface area contributed by atoms with Gasteiger partial charge in [-0.25, -0.2) is 4.98 Å². The fourth-order valence-corrected chi connectivity index (χ4v) is 1.71. The first-order chi connectivity index (χ1) is 6.34. The highest BCUT2D eigenvalue weighted by Crippen LogP contribution is 2.20. The van der Waals surface area contributed by atoms with Gasteiger partial charge in [0.05, 0.1) is 0 Å². The maximum Gasteiger partial charge on any atom is 0.187 e. The molecule has 0 unspecified atom stereocenters. The third-order valence-electron chi connectivity index (χ3n) is 1.51. The summed E-state index contributed by atoms with van der Waals surface area (Å²) in [4.78, 5) is 4.11. The van der Waals surface area contributed by atoms with Crippen molar-refractivity contribution in [2.24, 2.45) is 0 Å². The van der Waals surface area contributed by atoms with Crippen LogP contribution in [-0.4, -0.2) is 4.98 Å². The van der Waals surface area contributed by atoms with Crippen LogP contribution in [-0.2, 0) is 0 Å². The predicted molar refractivity (Wildman–Crippen MR) is 56.8 cm³/mol. The van der Waals surface area contributed by atoms with Crippen molar-refractivity contribution in [1.82, 2.24) is 4.98 Å². The summed E-state index contributed by atoms with van der Waals surface area (Å²) < 4.78 is 0. The van der Waals surface area contributed by atoms with Gasteiger partial charge in [0.15, 0.2) is 5.13 Å². The van der Waals surface area contributed by atoms with Crippen molar-refractivity contribution in [1.29, 1.82) is 0 Å². The van der Waals surface area contributed by atoms with E-state index in [4.69, 9.17) is 11.6 Å². The van der Waals surface area contributed by atoms with Crippen molar-refractivity contribution in [3.63, 3.8) is 0 Å². The summed E-state index contributed by atoms with van der Waals surface area (Å²) in [5, 5.41) is 6.67. The lowest BCUT2D eigenvalue weighted by molar-refractivity contribution is 1.39. The second-order valence-corrected chi connectivity index (χ2v) is 3.80. The van der Waals surface area contributed by atoms with Gasteiger partial charge in [-0.1, -0.05) is 17.7 Å². The molecule has 0 aliphatic heterocycles. The van der Waals surface area contributed by atoms with E-state index >= 15 is 0 Å². The fraction of sp³-hybridized carbons (Fsp3) is 0. The van der Waals surface area contributed by atoms with E-state index in [1.165, 1.54) is 0 Å². The number of benzene rings is 1. The molecule has 0 spiro atoms. The van der Waals surface area contributed by atoms with Gasteiger partial charge in [-0.2, -0.15) is 0 Å². The average molecular weight is 211 g/mol. The first-order valence-corrected chi connectivity index (χ1v) is 5.02. The highest BCUT2D eigenvalue weighted by Gasteiger charge is 1.96. The number of rotatable bonds is 2. The molecule has 0 radical (unpaired) electrons. The Kier molecular flexibility index (Phi) is 2.47. The number of hydrogen-bond acceptors (Lipinski definition) is 3. The molecule has 2 aromatic rings. The third kappa shape index (κ3) is 2.20. The van der Waals surface area contributed by atoms with Crippen LogP contribution < -0.4 is 5.32 Å². The molecule has 2 rings (SSSR count). The van der Waals surface area contributed by atoms with Crippen molar-refractivity contribution >= 4 is 33.8 Å². The Morgan fingerprint density at radius 1 is 1.38 bits per heavy atom. The van der Waals surface area contributed by atoms with Gasteiger partial charge in [0.25, 0.3) is 0 Å². The van der Waals surface area contributed by atoms with Gasteiger partial charge in [0.2, 0.25) is 0 Å². The molecule has 0 aliphatic rings. The molecule has 66 valence electrons. The van der Waals surface area contributed by atoms with E-state index < -0.39 is 0 Å². The summed E-state index contributed by atoms with van der Waals surface area (Å²) in [6, 6.07) is 7.56. The molecule has 4 heteroatoms. The summed E-state index contributed by atoms with van der Waals surface area (Å²) in [6.07, 6.45) is 1.76. The minimum Gasteiger partial charge on any atom is -0.332 e. The lowest BCUT2D eigenvalue weighted by Gasteiger charge is -2.01. The van der Waals surface area contributed by atoms with Crippen molar-refractivity contribution in [2.45, 2.75) is 0 Å². The van der Waals surface area contributed by atoms with Crippen LogP contribution in [0.15, 0.2) is 35.8 Å². The van der Waals surface area contributed by atoms with E-state index in [9.17, 15) is 0 Å². The molecule has 0 bridgehead atoms. The van der Waals surface area contributed by atoms with E-state index in [2.05, 4.69) is 10.3 Å². The molecule has 1 aromatic heterocycles. The van der Waals surface area contributed by atoms with Crippen molar-refractivity contribution < 1.29 is 0 Å². The van der Waals surface area contributed by atoms with Gasteiger partial charge >= 0.3 is 0 Å². The maximum atomic E-state index is 5.83. The Bertz CT molecular complexity index is 386. The van der Waals surface area contributed by atoms with Gasteiger partial charge in [0, 0.05) is 22.3 Å². The normalized spacial score (nSPS) is 9.92. The van der Waals surface area contributed by atoms with Crippen molar-refractivity contribution in [2.75, 3.05) is 5.32 Å². The zero-order chi connectivity index (χ0) is 9.10. The molecule has 0 fully saturated rings. The minimum atomic E-state index is 0.724. The Morgan fingerprint density at radius 3 is 3.00 bits per heavy atom. The summed E-state index contributed by atoms with van der Waals surface area (Å²) >= 11 is 7.39. The zero-order valence-electron chi connectivity index (χ0n) is 6.70. The van der Waals surface area contributed by atoms with Gasteiger partial charge in [-0.15, -0.1) is 11.3 Å². The summed E-state index contributed by atoms with van der Waals surface area (Å²) in [6.45, 7) is 0. The average Bonchev–Trinajstić information content (AvgIpc) is 2.57. The lowest BCUT2D eigenvalue weighted by Crippen LogP contribution is -1.87. The molecule has 1 aromatic carbocycles. The van der Waals surface area contributed by atoms with Crippen LogP contribution in [0.1, 0.15) is 0 Å². The molecular weight excluding hydrogens is 204 g/mol. The quantitative estimate of drug-likeness (QED) is 0.820. The molecule has 13 heavy (non-hydrogen) atoms. The van der Waals surface area contributed by atoms with Crippen LogP contribution in [0.25, 0.3) is 0 Å². The lowest BCUT2D eigenvalue weighted by atomic mass is 10.3. The Hall–Kier alpha value is -1.06. The monoisotopic (exact) mass is 210 g/mol. The van der Waals surface area contributed by atoms with Crippen molar-refractivity contribution in [3.8, 4) is 0 Å². The Labute approximate surface area is 85.2 Å². The molecule has 1 heterocycles. The second kappa shape index (κ2) is 3.77. The topological polar surface area (TPSA) is 24.9 Å². The van der Waals surface area contributed by atoms with E-state index in [-0.39, 0.29) is 0 Å². The molecule has 0 aliphatic carbocycles. The number of nitrogens with zero attached hydrogens (tertiary/aromatic N) is 1. The Balaban J connectivity index is 2.19. The van der Waals surface area contributed by atoms with Gasteiger partial charge in [-0.3, -0.25) is 0 Å². The number of hydrogen-bond donors (Lipinski definition) is 1. The SMILES string of the molecule is Clc1cccc(Nc2nccs2)c1. The van der Waals surface area contributed by atoms with E-state index in [1.54, 1.807) is 17.5 Å². The smallest absolute Gasteiger partial charge is 0.187 e. The summed E-state index contributed by atoms with van der Waals surface area (Å²) in [5.41, 5.74) is 0.961. The van der Waals surface area contributed by atoms with E-state index in [1.807, 2.05) is 29.6 Å². The van der Waals surface area contributed by atoms with Crippen LogP contribution >= 0.6 is 22.9 Å². The van der Waals surface area contributed by atoms with Crippen LogP contribution in [0, 0.1) is 0 Å². The zero-order valence-corrected chi connectivity index (χ0v) is 8.27. The van der Waals surface area contributed by atoms with Crippen LogP contribution in [0.3, 0.4) is 0 Å². The van der Waals surface area contributed by atoms with E-state index in [0.29, 0.717) is 0 Å². The molecule has 0 atom stereocenters. The van der Waals surface area contributed by atoms with Crippen LogP contribution in [0.5, 0.6) is 0 Å². The molecular formula is C9H7ClN2S. The Morgan fingerprint density at radius 2 is 2.31 bits per heavy atom. The molecule has 1 N–H and O–H groups in total. The maximum absolute atomic E-state index is 5.83. The summed E-state index contributed by atoms with van der Waals surface area (Å²) in [5.74, 6) is 0. The van der Waals surface area contributed by atoms with Crippen LogP contribution in [0.4, 0.5) is 10.8 Å². The standard InChI is InChI=1S/C9H7ClN2S/c10-7-2-1-3-8(6-7)12-9-11-4-5-13-9/h1-6H,(H,11,12). The highest BCUT2D eigenvalue weighted by molar-refractivity contribution is 7.13. The second-order valence-electron chi connectivity index (χ2n) is 2.47. The first-order valence-electron chi connectivity index (χ1n) is 3.77. The predicted octanol–water partition coefficient (Wildman–Crippen LogP) is 3.54. The molecule has 0 saturated heterocycles. The third-order valence-corrected chi connectivity index (χ3v) is 2.43. The number of anilines is 2. The number of thiazole rings is 1. The number of halogens is 1. The van der Waals surface area contributed by atoms with Crippen LogP contribution in [0.2, 0.25) is 5.02 Å².